The highest BCUT2D eigenvalue weighted by atomic mass is 32.2. The molecule has 1 saturated heterocycles. The van der Waals surface area contributed by atoms with Gasteiger partial charge in [-0.05, 0) is 39.0 Å². The predicted molar refractivity (Wildman–Crippen MR) is 62.9 cm³/mol. The SMILES string of the molecule is CCOC(=O)C1CCCCN1S(=O)(=O)C1CC1. The number of hydrogen-bond donors (Lipinski definition) is 0. The number of piperidine rings is 1. The first-order valence-electron chi connectivity index (χ1n) is 6.24. The van der Waals surface area contributed by atoms with Gasteiger partial charge >= 0.3 is 5.97 Å². The van der Waals surface area contributed by atoms with Crippen LogP contribution in [0, 0.1) is 0 Å². The fraction of sp³-hybridized carbons (Fsp3) is 0.909. The van der Waals surface area contributed by atoms with E-state index >= 15 is 0 Å². The zero-order valence-electron chi connectivity index (χ0n) is 10.1. The van der Waals surface area contributed by atoms with Crippen molar-refractivity contribution in [3.05, 3.63) is 0 Å². The number of ether oxygens (including phenoxy) is 1. The maximum atomic E-state index is 12.2. The van der Waals surface area contributed by atoms with Crippen LogP contribution in [0.1, 0.15) is 39.0 Å². The zero-order chi connectivity index (χ0) is 12.5. The summed E-state index contributed by atoms with van der Waals surface area (Å²) in [6, 6.07) is -0.589. The molecule has 2 fully saturated rings. The van der Waals surface area contributed by atoms with Gasteiger partial charge in [0.25, 0.3) is 0 Å². The minimum atomic E-state index is -3.27. The van der Waals surface area contributed by atoms with Gasteiger partial charge in [-0.2, -0.15) is 4.31 Å². The van der Waals surface area contributed by atoms with E-state index in [9.17, 15) is 13.2 Å². The highest BCUT2D eigenvalue weighted by Crippen LogP contribution is 2.34. The van der Waals surface area contributed by atoms with Crippen LogP contribution in [-0.2, 0) is 19.6 Å². The lowest BCUT2D eigenvalue weighted by molar-refractivity contribution is -0.148. The third-order valence-corrected chi connectivity index (χ3v) is 5.69. The minimum absolute atomic E-state index is 0.252. The number of nitrogens with zero attached hydrogens (tertiary/aromatic N) is 1. The molecule has 98 valence electrons. The van der Waals surface area contributed by atoms with Crippen molar-refractivity contribution in [2.24, 2.45) is 0 Å². The molecule has 0 aromatic rings. The van der Waals surface area contributed by atoms with Crippen LogP contribution >= 0.6 is 0 Å². The monoisotopic (exact) mass is 261 g/mol. The van der Waals surface area contributed by atoms with E-state index < -0.39 is 22.0 Å². The van der Waals surface area contributed by atoms with Gasteiger partial charge in [-0.3, -0.25) is 4.79 Å². The Hall–Kier alpha value is -0.620. The van der Waals surface area contributed by atoms with Crippen LogP contribution in [0.2, 0.25) is 0 Å². The summed E-state index contributed by atoms with van der Waals surface area (Å²) in [4.78, 5) is 11.8. The normalized spacial score (nSPS) is 26.8. The molecule has 0 aromatic carbocycles. The lowest BCUT2D eigenvalue weighted by atomic mass is 10.1. The molecule has 0 N–H and O–H groups in total. The molecule has 17 heavy (non-hydrogen) atoms. The van der Waals surface area contributed by atoms with E-state index in [1.807, 2.05) is 0 Å². The largest absolute Gasteiger partial charge is 0.465 e. The summed E-state index contributed by atoms with van der Waals surface area (Å²) in [5.41, 5.74) is 0. The maximum absolute atomic E-state index is 12.2. The first-order valence-corrected chi connectivity index (χ1v) is 7.75. The first kappa shape index (κ1) is 12.8. The zero-order valence-corrected chi connectivity index (χ0v) is 10.9. The number of sulfonamides is 1. The fourth-order valence-corrected chi connectivity index (χ4v) is 4.29. The molecule has 1 saturated carbocycles. The Morgan fingerprint density at radius 3 is 2.59 bits per heavy atom. The summed E-state index contributed by atoms with van der Waals surface area (Å²) in [7, 11) is -3.27. The van der Waals surface area contributed by atoms with Gasteiger partial charge in [0.05, 0.1) is 11.9 Å². The molecular formula is C11H19NO4S. The molecule has 0 spiro atoms. The van der Waals surface area contributed by atoms with Crippen LogP contribution in [0.25, 0.3) is 0 Å². The van der Waals surface area contributed by atoms with E-state index in [4.69, 9.17) is 4.74 Å². The molecule has 2 rings (SSSR count). The lowest BCUT2D eigenvalue weighted by Crippen LogP contribution is -2.49. The molecule has 2 aliphatic rings. The Kier molecular flexibility index (Phi) is 3.73. The van der Waals surface area contributed by atoms with Gasteiger partial charge < -0.3 is 4.74 Å². The number of hydrogen-bond acceptors (Lipinski definition) is 4. The summed E-state index contributed by atoms with van der Waals surface area (Å²) < 4.78 is 30.7. The van der Waals surface area contributed by atoms with Gasteiger partial charge in [-0.1, -0.05) is 0 Å². The van der Waals surface area contributed by atoms with Gasteiger partial charge in [0.2, 0.25) is 10.0 Å². The van der Waals surface area contributed by atoms with E-state index in [1.165, 1.54) is 4.31 Å². The summed E-state index contributed by atoms with van der Waals surface area (Å²) in [6.45, 7) is 2.50. The standard InChI is InChI=1S/C11H19NO4S/c1-2-16-11(13)10-5-3-4-8-12(10)17(14,15)9-6-7-9/h9-10H,2-8H2,1H3. The molecule has 0 amide bonds. The minimum Gasteiger partial charge on any atom is -0.465 e. The second kappa shape index (κ2) is 4.94. The van der Waals surface area contributed by atoms with E-state index in [0.29, 0.717) is 19.6 Å². The topological polar surface area (TPSA) is 63.7 Å². The van der Waals surface area contributed by atoms with Crippen molar-refractivity contribution in [2.45, 2.75) is 50.3 Å². The Bertz CT molecular complexity index is 388. The van der Waals surface area contributed by atoms with Crippen LogP contribution in [-0.4, -0.2) is 43.1 Å². The molecule has 1 unspecified atom stereocenters. The van der Waals surface area contributed by atoms with Gasteiger partial charge in [0.1, 0.15) is 6.04 Å². The molecule has 0 radical (unpaired) electrons. The maximum Gasteiger partial charge on any atom is 0.324 e. The van der Waals surface area contributed by atoms with Crippen LogP contribution < -0.4 is 0 Å². The quantitative estimate of drug-likeness (QED) is 0.705. The molecular weight excluding hydrogens is 242 g/mol. The summed E-state index contributed by atoms with van der Waals surface area (Å²) in [6.07, 6.45) is 3.77. The number of carbonyl (C=O) groups is 1. The Labute approximate surface area is 102 Å². The molecule has 0 bridgehead atoms. The Morgan fingerprint density at radius 1 is 1.29 bits per heavy atom. The summed E-state index contributed by atoms with van der Waals surface area (Å²) in [5, 5.41) is -0.252. The van der Waals surface area contributed by atoms with Crippen molar-refractivity contribution in [2.75, 3.05) is 13.2 Å². The van der Waals surface area contributed by atoms with Crippen molar-refractivity contribution >= 4 is 16.0 Å². The molecule has 1 aliphatic carbocycles. The van der Waals surface area contributed by atoms with Crippen LogP contribution in [0.15, 0.2) is 0 Å². The van der Waals surface area contributed by atoms with Gasteiger partial charge in [0.15, 0.2) is 0 Å². The van der Waals surface area contributed by atoms with Gasteiger partial charge in [-0.15, -0.1) is 0 Å². The molecule has 1 heterocycles. The van der Waals surface area contributed by atoms with Crippen LogP contribution in [0.3, 0.4) is 0 Å². The highest BCUT2D eigenvalue weighted by molar-refractivity contribution is 7.90. The van der Waals surface area contributed by atoms with Crippen molar-refractivity contribution in [3.63, 3.8) is 0 Å². The molecule has 0 aromatic heterocycles. The van der Waals surface area contributed by atoms with E-state index in [2.05, 4.69) is 0 Å². The van der Waals surface area contributed by atoms with Crippen LogP contribution in [0.5, 0.6) is 0 Å². The average molecular weight is 261 g/mol. The Balaban J connectivity index is 2.14. The third-order valence-electron chi connectivity index (χ3n) is 3.28. The number of carbonyl (C=O) groups excluding carboxylic acids is 1. The summed E-state index contributed by atoms with van der Waals surface area (Å²) >= 11 is 0. The number of esters is 1. The second-order valence-corrected chi connectivity index (χ2v) is 6.78. The Morgan fingerprint density at radius 2 is 2.00 bits per heavy atom. The van der Waals surface area contributed by atoms with E-state index in [1.54, 1.807) is 6.92 Å². The van der Waals surface area contributed by atoms with Crippen molar-refractivity contribution in [1.82, 2.24) is 4.31 Å². The molecule has 1 atom stereocenters. The van der Waals surface area contributed by atoms with Crippen molar-refractivity contribution in [3.8, 4) is 0 Å². The predicted octanol–water partition coefficient (Wildman–Crippen LogP) is 0.896. The smallest absolute Gasteiger partial charge is 0.324 e. The van der Waals surface area contributed by atoms with Gasteiger partial charge in [0, 0.05) is 6.54 Å². The lowest BCUT2D eigenvalue weighted by Gasteiger charge is -2.32. The second-order valence-electron chi connectivity index (χ2n) is 4.62. The average Bonchev–Trinajstić information content (AvgIpc) is 3.13. The molecule has 5 nitrogen and oxygen atoms in total. The van der Waals surface area contributed by atoms with Crippen molar-refractivity contribution in [1.29, 1.82) is 0 Å². The first-order chi connectivity index (χ1) is 8.07. The number of rotatable bonds is 4. The van der Waals surface area contributed by atoms with Crippen LogP contribution in [0.4, 0.5) is 0 Å². The molecule has 6 heteroatoms. The van der Waals surface area contributed by atoms with E-state index in [0.717, 1.165) is 25.7 Å². The summed E-state index contributed by atoms with van der Waals surface area (Å²) in [5.74, 6) is -0.392. The van der Waals surface area contributed by atoms with Gasteiger partial charge in [-0.25, -0.2) is 8.42 Å². The van der Waals surface area contributed by atoms with Crippen molar-refractivity contribution < 1.29 is 17.9 Å². The highest BCUT2D eigenvalue weighted by Gasteiger charge is 2.45. The fourth-order valence-electron chi connectivity index (χ4n) is 2.24. The third kappa shape index (κ3) is 2.63. The van der Waals surface area contributed by atoms with E-state index in [-0.39, 0.29) is 5.25 Å². The molecule has 1 aliphatic heterocycles.